The van der Waals surface area contributed by atoms with Gasteiger partial charge in [0.1, 0.15) is 24.5 Å². The Morgan fingerprint density at radius 1 is 1.25 bits per heavy atom. The third-order valence-corrected chi connectivity index (χ3v) is 4.88. The van der Waals surface area contributed by atoms with E-state index in [1.807, 2.05) is 4.72 Å². The number of sulfonamides is 1. The Bertz CT molecular complexity index is 887. The molecular formula is C15H16N2O6S. The predicted octanol–water partition coefficient (Wildman–Crippen LogP) is 1.44. The maximum Gasteiger partial charge on any atom is 0.270 e. The van der Waals surface area contributed by atoms with Gasteiger partial charge in [0.15, 0.2) is 11.5 Å². The third kappa shape index (κ3) is 2.94. The van der Waals surface area contributed by atoms with Gasteiger partial charge in [0.2, 0.25) is 0 Å². The average Bonchev–Trinajstić information content (AvgIpc) is 2.95. The van der Waals surface area contributed by atoms with E-state index < -0.39 is 15.9 Å². The molecule has 1 amide bonds. The van der Waals surface area contributed by atoms with E-state index in [2.05, 4.69) is 5.16 Å². The molecule has 0 atom stereocenters. The van der Waals surface area contributed by atoms with Crippen molar-refractivity contribution in [1.82, 2.24) is 9.88 Å². The first kappa shape index (κ1) is 16.3. The Kier molecular flexibility index (Phi) is 4.18. The minimum atomic E-state index is -4.07. The van der Waals surface area contributed by atoms with Crippen LogP contribution in [0, 0.1) is 6.92 Å². The summed E-state index contributed by atoms with van der Waals surface area (Å²) < 4.78 is 42.6. The molecule has 0 unspecified atom stereocenters. The Hall–Kier alpha value is -2.55. The number of ether oxygens (including phenoxy) is 2. The smallest absolute Gasteiger partial charge is 0.270 e. The number of carbonyl (C=O) groups excluding carboxylic acids is 1. The van der Waals surface area contributed by atoms with Crippen LogP contribution in [0.15, 0.2) is 27.6 Å². The molecule has 0 aliphatic carbocycles. The van der Waals surface area contributed by atoms with E-state index in [9.17, 15) is 13.2 Å². The van der Waals surface area contributed by atoms with Gasteiger partial charge in [-0.1, -0.05) is 12.1 Å². The number of amides is 1. The van der Waals surface area contributed by atoms with Crippen molar-refractivity contribution < 1.29 is 27.2 Å². The molecule has 1 aliphatic rings. The SMILES string of the molecule is CCc1noc(C)c1C(=O)NS(=O)(=O)c1ccc2c(c1)OCCO2. The predicted molar refractivity (Wildman–Crippen MR) is 82.7 cm³/mol. The van der Waals surface area contributed by atoms with Crippen molar-refractivity contribution in [3.8, 4) is 11.5 Å². The molecule has 2 heterocycles. The van der Waals surface area contributed by atoms with Gasteiger partial charge in [-0.05, 0) is 25.5 Å². The summed E-state index contributed by atoms with van der Waals surface area (Å²) >= 11 is 0. The van der Waals surface area contributed by atoms with Crippen molar-refractivity contribution in [3.05, 3.63) is 35.2 Å². The number of fused-ring (bicyclic) bond motifs is 1. The first-order valence-electron chi connectivity index (χ1n) is 7.34. The van der Waals surface area contributed by atoms with Crippen molar-refractivity contribution in [2.24, 2.45) is 0 Å². The number of nitrogens with zero attached hydrogens (tertiary/aromatic N) is 1. The van der Waals surface area contributed by atoms with Gasteiger partial charge in [0.25, 0.3) is 15.9 Å². The Balaban J connectivity index is 1.88. The van der Waals surface area contributed by atoms with Crippen molar-refractivity contribution in [1.29, 1.82) is 0 Å². The van der Waals surface area contributed by atoms with Crippen LogP contribution in [0.5, 0.6) is 11.5 Å². The van der Waals surface area contributed by atoms with Crippen LogP contribution >= 0.6 is 0 Å². The molecule has 3 rings (SSSR count). The highest BCUT2D eigenvalue weighted by Crippen LogP contribution is 2.32. The molecule has 0 bridgehead atoms. The summed E-state index contributed by atoms with van der Waals surface area (Å²) in [6.45, 7) is 4.09. The lowest BCUT2D eigenvalue weighted by Gasteiger charge is -2.18. The third-order valence-electron chi connectivity index (χ3n) is 3.55. The van der Waals surface area contributed by atoms with Crippen molar-refractivity contribution in [2.45, 2.75) is 25.2 Å². The summed E-state index contributed by atoms with van der Waals surface area (Å²) in [6.07, 6.45) is 0.449. The van der Waals surface area contributed by atoms with Crippen LogP contribution in [0.25, 0.3) is 0 Å². The molecule has 0 radical (unpaired) electrons. The molecule has 0 fully saturated rings. The van der Waals surface area contributed by atoms with E-state index in [0.717, 1.165) is 0 Å². The highest BCUT2D eigenvalue weighted by molar-refractivity contribution is 7.90. The highest BCUT2D eigenvalue weighted by atomic mass is 32.2. The second-order valence-corrected chi connectivity index (χ2v) is 6.84. The molecule has 24 heavy (non-hydrogen) atoms. The van der Waals surface area contributed by atoms with E-state index in [1.165, 1.54) is 18.2 Å². The largest absolute Gasteiger partial charge is 0.486 e. The van der Waals surface area contributed by atoms with Gasteiger partial charge in [0.05, 0.1) is 10.6 Å². The minimum Gasteiger partial charge on any atom is -0.486 e. The fraction of sp³-hybridized carbons (Fsp3) is 0.333. The molecule has 0 spiro atoms. The highest BCUT2D eigenvalue weighted by Gasteiger charge is 2.26. The lowest BCUT2D eigenvalue weighted by atomic mass is 10.1. The Morgan fingerprint density at radius 2 is 1.96 bits per heavy atom. The molecular weight excluding hydrogens is 336 g/mol. The number of aromatic nitrogens is 1. The summed E-state index contributed by atoms with van der Waals surface area (Å²) in [6, 6.07) is 4.17. The van der Waals surface area contributed by atoms with Gasteiger partial charge in [-0.15, -0.1) is 0 Å². The monoisotopic (exact) mass is 352 g/mol. The van der Waals surface area contributed by atoms with Crippen LogP contribution in [0.1, 0.15) is 28.7 Å². The first-order valence-corrected chi connectivity index (χ1v) is 8.82. The van der Waals surface area contributed by atoms with Gasteiger partial charge < -0.3 is 14.0 Å². The fourth-order valence-electron chi connectivity index (χ4n) is 2.37. The average molecular weight is 352 g/mol. The second kappa shape index (κ2) is 6.16. The molecule has 9 heteroatoms. The van der Waals surface area contributed by atoms with Gasteiger partial charge in [-0.25, -0.2) is 13.1 Å². The number of nitrogens with one attached hydrogen (secondary N) is 1. The van der Waals surface area contributed by atoms with Crippen LogP contribution in [0.3, 0.4) is 0 Å². The maximum absolute atomic E-state index is 12.5. The number of rotatable bonds is 4. The lowest BCUT2D eigenvalue weighted by Crippen LogP contribution is -2.31. The molecule has 8 nitrogen and oxygen atoms in total. The summed E-state index contributed by atoms with van der Waals surface area (Å²) in [4.78, 5) is 12.2. The topological polar surface area (TPSA) is 108 Å². The lowest BCUT2D eigenvalue weighted by molar-refractivity contribution is 0.0979. The van der Waals surface area contributed by atoms with Gasteiger partial charge >= 0.3 is 0 Å². The zero-order valence-corrected chi connectivity index (χ0v) is 14.0. The Morgan fingerprint density at radius 3 is 2.67 bits per heavy atom. The molecule has 128 valence electrons. The normalized spacial score (nSPS) is 13.6. The van der Waals surface area contributed by atoms with E-state index >= 15 is 0 Å². The number of hydrogen-bond donors (Lipinski definition) is 1. The Labute approximate surface area is 138 Å². The van der Waals surface area contributed by atoms with Gasteiger partial charge in [-0.2, -0.15) is 0 Å². The molecule has 1 aromatic carbocycles. The maximum atomic E-state index is 12.5. The first-order chi connectivity index (χ1) is 11.4. The number of carbonyl (C=O) groups is 1. The van der Waals surface area contributed by atoms with Crippen LogP contribution in [-0.2, 0) is 16.4 Å². The van der Waals surface area contributed by atoms with Crippen molar-refractivity contribution >= 4 is 15.9 Å². The molecule has 2 aromatic rings. The molecule has 1 aliphatic heterocycles. The quantitative estimate of drug-likeness (QED) is 0.887. The van der Waals surface area contributed by atoms with E-state index in [4.69, 9.17) is 14.0 Å². The second-order valence-electron chi connectivity index (χ2n) is 5.15. The number of hydrogen-bond acceptors (Lipinski definition) is 7. The van der Waals surface area contributed by atoms with Crippen molar-refractivity contribution in [2.75, 3.05) is 13.2 Å². The van der Waals surface area contributed by atoms with E-state index in [1.54, 1.807) is 13.8 Å². The van der Waals surface area contributed by atoms with Gasteiger partial charge in [-0.3, -0.25) is 4.79 Å². The standard InChI is InChI=1S/C15H16N2O6S/c1-3-11-14(9(2)23-16-11)15(18)17-24(19,20)10-4-5-12-13(8-10)22-7-6-21-12/h4-5,8H,3,6-7H2,1-2H3,(H,17,18). The molecule has 0 saturated carbocycles. The molecule has 1 N–H and O–H groups in total. The summed E-state index contributed by atoms with van der Waals surface area (Å²) in [5.41, 5.74) is 0.543. The van der Waals surface area contributed by atoms with Crippen LogP contribution < -0.4 is 14.2 Å². The fourth-order valence-corrected chi connectivity index (χ4v) is 3.35. The summed E-state index contributed by atoms with van der Waals surface area (Å²) in [5.74, 6) is 0.281. The zero-order valence-electron chi connectivity index (χ0n) is 13.2. The van der Waals surface area contributed by atoms with Gasteiger partial charge in [0, 0.05) is 6.07 Å². The molecule has 0 saturated heterocycles. The van der Waals surface area contributed by atoms with Crippen LogP contribution in [0.4, 0.5) is 0 Å². The summed E-state index contributed by atoms with van der Waals surface area (Å²) in [7, 11) is -4.07. The van der Waals surface area contributed by atoms with E-state index in [-0.39, 0.29) is 16.2 Å². The van der Waals surface area contributed by atoms with Crippen molar-refractivity contribution in [3.63, 3.8) is 0 Å². The zero-order chi connectivity index (χ0) is 17.3. The summed E-state index contributed by atoms with van der Waals surface area (Å²) in [5, 5.41) is 3.75. The minimum absolute atomic E-state index is 0.0905. The number of aryl methyl sites for hydroxylation is 2. The van der Waals surface area contributed by atoms with E-state index in [0.29, 0.717) is 36.8 Å². The number of benzene rings is 1. The molecule has 1 aromatic heterocycles. The van der Waals surface area contributed by atoms with Crippen LogP contribution in [0.2, 0.25) is 0 Å². The van der Waals surface area contributed by atoms with Crippen LogP contribution in [-0.4, -0.2) is 32.7 Å².